The predicted octanol–water partition coefficient (Wildman–Crippen LogP) is 2.89. The number of nitrogens with one attached hydrogen (secondary N) is 2. The van der Waals surface area contributed by atoms with Crippen LogP contribution in [0.4, 0.5) is 10.1 Å². The van der Waals surface area contributed by atoms with Gasteiger partial charge in [0, 0.05) is 11.1 Å². The van der Waals surface area contributed by atoms with Crippen LogP contribution in [0.5, 0.6) is 0 Å². The van der Waals surface area contributed by atoms with E-state index in [2.05, 4.69) is 17.6 Å². The third kappa shape index (κ3) is 2.66. The summed E-state index contributed by atoms with van der Waals surface area (Å²) in [5.74, 6) is 0.224. The van der Waals surface area contributed by atoms with Crippen LogP contribution in [0, 0.1) is 11.7 Å². The van der Waals surface area contributed by atoms with Crippen LogP contribution in [0.15, 0.2) is 18.2 Å². The molecule has 2 nitrogen and oxygen atoms in total. The molecular formula is C12H16ClFN2. The normalized spacial score (nSPS) is 25.4. The standard InChI is InChI=1S/C12H16ClFN2/c1-8-7-15-5-4-11(8)16-12-3-2-9(13)6-10(12)14/h2-3,6,8,11,15-16H,4-5,7H2,1H3/t8-,11-/m1/s1. The molecule has 1 aliphatic rings. The first-order valence-corrected chi connectivity index (χ1v) is 5.97. The molecule has 0 aliphatic carbocycles. The minimum absolute atomic E-state index is 0.279. The summed E-state index contributed by atoms with van der Waals surface area (Å²) >= 11 is 5.71. The Labute approximate surface area is 100 Å². The highest BCUT2D eigenvalue weighted by molar-refractivity contribution is 6.30. The van der Waals surface area contributed by atoms with Crippen LogP contribution < -0.4 is 10.6 Å². The third-order valence-corrected chi connectivity index (χ3v) is 3.29. The highest BCUT2D eigenvalue weighted by Gasteiger charge is 2.21. The Bertz CT molecular complexity index is 370. The smallest absolute Gasteiger partial charge is 0.147 e. The van der Waals surface area contributed by atoms with Gasteiger partial charge in [-0.2, -0.15) is 0 Å². The van der Waals surface area contributed by atoms with Gasteiger partial charge in [-0.1, -0.05) is 18.5 Å². The van der Waals surface area contributed by atoms with Crippen LogP contribution in [-0.4, -0.2) is 19.1 Å². The molecule has 2 rings (SSSR count). The molecule has 0 amide bonds. The zero-order valence-electron chi connectivity index (χ0n) is 9.26. The third-order valence-electron chi connectivity index (χ3n) is 3.06. The lowest BCUT2D eigenvalue weighted by Gasteiger charge is -2.31. The van der Waals surface area contributed by atoms with Crippen LogP contribution in [0.3, 0.4) is 0 Å². The van der Waals surface area contributed by atoms with Crippen molar-refractivity contribution in [2.45, 2.75) is 19.4 Å². The molecule has 1 aliphatic heterocycles. The number of hydrogen-bond donors (Lipinski definition) is 2. The molecule has 16 heavy (non-hydrogen) atoms. The van der Waals surface area contributed by atoms with E-state index in [0.717, 1.165) is 19.5 Å². The summed E-state index contributed by atoms with van der Waals surface area (Å²) in [5.41, 5.74) is 0.545. The maximum atomic E-state index is 13.6. The van der Waals surface area contributed by atoms with E-state index in [4.69, 9.17) is 11.6 Å². The van der Waals surface area contributed by atoms with Gasteiger partial charge in [0.2, 0.25) is 0 Å². The first-order valence-electron chi connectivity index (χ1n) is 5.59. The molecule has 0 radical (unpaired) electrons. The maximum Gasteiger partial charge on any atom is 0.147 e. The molecule has 0 bridgehead atoms. The van der Waals surface area contributed by atoms with Gasteiger partial charge >= 0.3 is 0 Å². The minimum atomic E-state index is -0.279. The van der Waals surface area contributed by atoms with Gasteiger partial charge in [0.1, 0.15) is 5.82 Å². The molecule has 2 N–H and O–H groups in total. The largest absolute Gasteiger partial charge is 0.380 e. The number of rotatable bonds is 2. The van der Waals surface area contributed by atoms with Crippen LogP contribution in [0.2, 0.25) is 5.02 Å². The minimum Gasteiger partial charge on any atom is -0.380 e. The predicted molar refractivity (Wildman–Crippen MR) is 65.5 cm³/mol. The molecule has 0 aromatic heterocycles. The van der Waals surface area contributed by atoms with E-state index in [1.807, 2.05) is 0 Å². The number of hydrogen-bond acceptors (Lipinski definition) is 2. The molecule has 1 aromatic carbocycles. The first kappa shape index (κ1) is 11.7. The van der Waals surface area contributed by atoms with Crippen molar-refractivity contribution in [1.29, 1.82) is 0 Å². The Morgan fingerprint density at radius 1 is 1.50 bits per heavy atom. The van der Waals surface area contributed by atoms with Crippen LogP contribution in [0.1, 0.15) is 13.3 Å². The Hall–Kier alpha value is -0.800. The molecule has 1 heterocycles. The summed E-state index contributed by atoms with van der Waals surface area (Å²) in [6.07, 6.45) is 1.02. The SMILES string of the molecule is C[C@@H]1CNCC[C@H]1Nc1ccc(Cl)cc1F. The highest BCUT2D eigenvalue weighted by Crippen LogP contribution is 2.22. The fourth-order valence-corrected chi connectivity index (χ4v) is 2.19. The Kier molecular flexibility index (Phi) is 3.66. The molecule has 0 unspecified atom stereocenters. The van der Waals surface area contributed by atoms with E-state index >= 15 is 0 Å². The second-order valence-electron chi connectivity index (χ2n) is 4.35. The van der Waals surface area contributed by atoms with Crippen molar-refractivity contribution in [1.82, 2.24) is 5.32 Å². The highest BCUT2D eigenvalue weighted by atomic mass is 35.5. The molecule has 0 saturated carbocycles. The number of halogens is 2. The van der Waals surface area contributed by atoms with Gasteiger partial charge in [-0.05, 0) is 43.6 Å². The van der Waals surface area contributed by atoms with Crippen LogP contribution >= 0.6 is 11.6 Å². The molecule has 1 fully saturated rings. The summed E-state index contributed by atoms with van der Waals surface area (Å²) in [6.45, 7) is 4.13. The van der Waals surface area contributed by atoms with Crippen LogP contribution in [-0.2, 0) is 0 Å². The van der Waals surface area contributed by atoms with Gasteiger partial charge in [-0.15, -0.1) is 0 Å². The average Bonchev–Trinajstić information content (AvgIpc) is 2.25. The van der Waals surface area contributed by atoms with Crippen molar-refractivity contribution in [3.05, 3.63) is 29.0 Å². The molecule has 4 heteroatoms. The van der Waals surface area contributed by atoms with E-state index < -0.39 is 0 Å². The van der Waals surface area contributed by atoms with Crippen LogP contribution in [0.25, 0.3) is 0 Å². The average molecular weight is 243 g/mol. The monoisotopic (exact) mass is 242 g/mol. The maximum absolute atomic E-state index is 13.6. The van der Waals surface area contributed by atoms with E-state index in [1.54, 1.807) is 12.1 Å². The Morgan fingerprint density at radius 2 is 2.31 bits per heavy atom. The molecular weight excluding hydrogens is 227 g/mol. The second kappa shape index (κ2) is 5.02. The molecule has 1 saturated heterocycles. The van der Waals surface area contributed by atoms with Gasteiger partial charge in [0.05, 0.1) is 5.69 Å². The summed E-state index contributed by atoms with van der Waals surface area (Å²) in [7, 11) is 0. The topological polar surface area (TPSA) is 24.1 Å². The lowest BCUT2D eigenvalue weighted by Crippen LogP contribution is -2.42. The van der Waals surface area contributed by atoms with Crippen molar-refractivity contribution >= 4 is 17.3 Å². The van der Waals surface area contributed by atoms with Crippen molar-refractivity contribution in [2.24, 2.45) is 5.92 Å². The van der Waals surface area contributed by atoms with Gasteiger partial charge in [-0.25, -0.2) is 4.39 Å². The lowest BCUT2D eigenvalue weighted by atomic mass is 9.95. The van der Waals surface area contributed by atoms with E-state index in [-0.39, 0.29) is 5.82 Å². The zero-order chi connectivity index (χ0) is 11.5. The summed E-state index contributed by atoms with van der Waals surface area (Å²) in [5, 5.41) is 7.00. The van der Waals surface area contributed by atoms with Gasteiger partial charge in [-0.3, -0.25) is 0 Å². The van der Waals surface area contributed by atoms with Gasteiger partial charge in [0.15, 0.2) is 0 Å². The van der Waals surface area contributed by atoms with E-state index in [0.29, 0.717) is 22.7 Å². The number of benzene rings is 1. The number of anilines is 1. The number of piperidine rings is 1. The van der Waals surface area contributed by atoms with E-state index in [1.165, 1.54) is 6.07 Å². The summed E-state index contributed by atoms with van der Waals surface area (Å²) in [4.78, 5) is 0. The second-order valence-corrected chi connectivity index (χ2v) is 4.78. The van der Waals surface area contributed by atoms with Crippen molar-refractivity contribution in [3.8, 4) is 0 Å². The van der Waals surface area contributed by atoms with Gasteiger partial charge in [0.25, 0.3) is 0 Å². The quantitative estimate of drug-likeness (QED) is 0.833. The van der Waals surface area contributed by atoms with Crippen molar-refractivity contribution < 1.29 is 4.39 Å². The fraction of sp³-hybridized carbons (Fsp3) is 0.500. The zero-order valence-corrected chi connectivity index (χ0v) is 10.0. The van der Waals surface area contributed by atoms with E-state index in [9.17, 15) is 4.39 Å². The molecule has 1 aromatic rings. The summed E-state index contributed by atoms with van der Waals surface area (Å²) < 4.78 is 13.6. The molecule has 0 spiro atoms. The Balaban J connectivity index is 2.07. The molecule has 88 valence electrons. The van der Waals surface area contributed by atoms with Gasteiger partial charge < -0.3 is 10.6 Å². The van der Waals surface area contributed by atoms with Crippen molar-refractivity contribution in [3.63, 3.8) is 0 Å². The van der Waals surface area contributed by atoms with Crippen molar-refractivity contribution in [2.75, 3.05) is 18.4 Å². The lowest BCUT2D eigenvalue weighted by molar-refractivity contribution is 0.367. The summed E-state index contributed by atoms with van der Waals surface area (Å²) in [6, 6.07) is 5.08. The molecule has 2 atom stereocenters. The Morgan fingerprint density at radius 3 is 3.00 bits per heavy atom. The first-order chi connectivity index (χ1) is 7.66. The fourth-order valence-electron chi connectivity index (χ4n) is 2.03.